The molecule has 0 heterocycles. The average molecular weight is 304 g/mol. The molecule has 0 spiro atoms. The standard InChI is InChI=1S/C20H32O2/c1-3-7-17(8-4-1)21-20(22-18-9-5-2-6-10-18)19-14-15-11-12-16(19)13-15/h11-12,15-20H,1-10,13-14H2. The van der Waals surface area contributed by atoms with E-state index in [0.717, 1.165) is 11.8 Å². The first kappa shape index (κ1) is 15.2. The summed E-state index contributed by atoms with van der Waals surface area (Å²) < 4.78 is 13.1. The van der Waals surface area contributed by atoms with Crippen LogP contribution < -0.4 is 0 Å². The predicted molar refractivity (Wildman–Crippen MR) is 88.5 cm³/mol. The van der Waals surface area contributed by atoms with Crippen LogP contribution in [0.3, 0.4) is 0 Å². The van der Waals surface area contributed by atoms with Gasteiger partial charge in [0.25, 0.3) is 0 Å². The maximum atomic E-state index is 6.57. The molecule has 2 nitrogen and oxygen atoms in total. The summed E-state index contributed by atoms with van der Waals surface area (Å²) in [6.07, 6.45) is 21.7. The molecule has 0 aromatic carbocycles. The van der Waals surface area contributed by atoms with E-state index in [9.17, 15) is 0 Å². The third-order valence-corrected chi connectivity index (χ3v) is 6.44. The molecule has 4 rings (SSSR count). The monoisotopic (exact) mass is 304 g/mol. The van der Waals surface area contributed by atoms with Gasteiger partial charge in [-0.1, -0.05) is 50.7 Å². The molecule has 4 aliphatic rings. The van der Waals surface area contributed by atoms with Crippen LogP contribution in [0.1, 0.15) is 77.0 Å². The summed E-state index contributed by atoms with van der Waals surface area (Å²) in [6, 6.07) is 0. The highest BCUT2D eigenvalue weighted by atomic mass is 16.7. The summed E-state index contributed by atoms with van der Waals surface area (Å²) in [6.45, 7) is 0. The summed E-state index contributed by atoms with van der Waals surface area (Å²) in [5.74, 6) is 2.16. The predicted octanol–water partition coefficient (Wildman–Crippen LogP) is 5.22. The minimum atomic E-state index is 0.0751. The summed E-state index contributed by atoms with van der Waals surface area (Å²) in [7, 11) is 0. The first-order valence-corrected chi connectivity index (χ1v) is 9.88. The molecule has 0 aromatic rings. The minimum absolute atomic E-state index is 0.0751. The van der Waals surface area contributed by atoms with Gasteiger partial charge in [-0.2, -0.15) is 0 Å². The van der Waals surface area contributed by atoms with E-state index in [1.807, 2.05) is 0 Å². The van der Waals surface area contributed by atoms with Gasteiger partial charge in [-0.05, 0) is 50.4 Å². The zero-order chi connectivity index (χ0) is 14.8. The van der Waals surface area contributed by atoms with Crippen LogP contribution in [-0.2, 0) is 9.47 Å². The number of rotatable bonds is 5. The highest BCUT2D eigenvalue weighted by Crippen LogP contribution is 2.47. The Labute approximate surface area is 135 Å². The summed E-state index contributed by atoms with van der Waals surface area (Å²) in [4.78, 5) is 0. The number of hydrogen-bond donors (Lipinski definition) is 0. The molecule has 2 heteroatoms. The summed E-state index contributed by atoms with van der Waals surface area (Å²) in [5, 5.41) is 0. The zero-order valence-electron chi connectivity index (χ0n) is 13.9. The van der Waals surface area contributed by atoms with Crippen molar-refractivity contribution in [2.75, 3.05) is 0 Å². The molecule has 124 valence electrons. The fraction of sp³-hybridized carbons (Fsp3) is 0.900. The van der Waals surface area contributed by atoms with Crippen molar-refractivity contribution in [2.45, 2.75) is 95.5 Å². The number of hydrogen-bond acceptors (Lipinski definition) is 2. The molecule has 0 aliphatic heterocycles. The molecule has 4 aliphatic carbocycles. The van der Waals surface area contributed by atoms with Crippen molar-refractivity contribution < 1.29 is 9.47 Å². The normalized spacial score (nSPS) is 36.5. The smallest absolute Gasteiger partial charge is 0.161 e. The molecule has 0 aromatic heterocycles. The van der Waals surface area contributed by atoms with E-state index in [4.69, 9.17) is 9.47 Å². The van der Waals surface area contributed by atoms with E-state index in [1.54, 1.807) is 0 Å². The highest BCUT2D eigenvalue weighted by Gasteiger charge is 2.42. The quantitative estimate of drug-likeness (QED) is 0.512. The molecule has 22 heavy (non-hydrogen) atoms. The molecule has 3 unspecified atom stereocenters. The van der Waals surface area contributed by atoms with Crippen molar-refractivity contribution in [3.8, 4) is 0 Å². The van der Waals surface area contributed by atoms with Crippen LogP contribution >= 0.6 is 0 Å². The average Bonchev–Trinajstić information content (AvgIpc) is 3.19. The van der Waals surface area contributed by atoms with Gasteiger partial charge in [0.2, 0.25) is 0 Å². The topological polar surface area (TPSA) is 18.5 Å². The van der Waals surface area contributed by atoms with Crippen molar-refractivity contribution in [3.63, 3.8) is 0 Å². The van der Waals surface area contributed by atoms with Gasteiger partial charge in [-0.3, -0.25) is 0 Å². The van der Waals surface area contributed by atoms with Gasteiger partial charge in [0.15, 0.2) is 6.29 Å². The van der Waals surface area contributed by atoms with Crippen molar-refractivity contribution in [2.24, 2.45) is 17.8 Å². The van der Waals surface area contributed by atoms with Crippen LogP contribution in [0.2, 0.25) is 0 Å². The Hall–Kier alpha value is -0.340. The zero-order valence-corrected chi connectivity index (χ0v) is 13.9. The lowest BCUT2D eigenvalue weighted by atomic mass is 9.91. The van der Waals surface area contributed by atoms with Gasteiger partial charge in [0, 0.05) is 5.92 Å². The van der Waals surface area contributed by atoms with Crippen molar-refractivity contribution in [1.82, 2.24) is 0 Å². The van der Waals surface area contributed by atoms with Crippen LogP contribution in [0.4, 0.5) is 0 Å². The summed E-state index contributed by atoms with van der Waals surface area (Å²) in [5.41, 5.74) is 0. The largest absolute Gasteiger partial charge is 0.349 e. The Morgan fingerprint density at radius 2 is 1.27 bits per heavy atom. The molecule has 0 saturated heterocycles. The lowest BCUT2D eigenvalue weighted by Gasteiger charge is -2.36. The van der Waals surface area contributed by atoms with E-state index in [2.05, 4.69) is 12.2 Å². The molecular weight excluding hydrogens is 272 g/mol. The second-order valence-electron chi connectivity index (χ2n) is 8.10. The molecule has 0 N–H and O–H groups in total. The molecule has 0 amide bonds. The minimum Gasteiger partial charge on any atom is -0.349 e. The Kier molecular flexibility index (Phi) is 4.87. The third-order valence-electron chi connectivity index (χ3n) is 6.44. The Balaban J connectivity index is 1.40. The molecule has 3 fully saturated rings. The maximum Gasteiger partial charge on any atom is 0.161 e. The van der Waals surface area contributed by atoms with Crippen LogP contribution in [-0.4, -0.2) is 18.5 Å². The maximum absolute atomic E-state index is 6.57. The van der Waals surface area contributed by atoms with Gasteiger partial charge in [-0.25, -0.2) is 0 Å². The molecule has 0 radical (unpaired) electrons. The second-order valence-corrected chi connectivity index (χ2v) is 8.10. The number of allylic oxidation sites excluding steroid dienone is 2. The van der Waals surface area contributed by atoms with E-state index in [-0.39, 0.29) is 6.29 Å². The molecule has 3 atom stereocenters. The van der Waals surface area contributed by atoms with Crippen molar-refractivity contribution >= 4 is 0 Å². The lowest BCUT2D eigenvalue weighted by molar-refractivity contribution is -0.231. The second kappa shape index (κ2) is 7.05. The SMILES string of the molecule is C1=CC2CC1CC2C(OC1CCCCC1)OC1CCCCC1. The Morgan fingerprint density at radius 1 is 0.682 bits per heavy atom. The van der Waals surface area contributed by atoms with Crippen LogP contribution in [0.25, 0.3) is 0 Å². The molecule has 3 saturated carbocycles. The van der Waals surface area contributed by atoms with E-state index < -0.39 is 0 Å². The fourth-order valence-corrected chi connectivity index (χ4v) is 5.15. The van der Waals surface area contributed by atoms with Gasteiger partial charge in [-0.15, -0.1) is 0 Å². The Bertz CT molecular complexity index is 359. The third kappa shape index (κ3) is 3.43. The number of ether oxygens (including phenoxy) is 2. The number of fused-ring (bicyclic) bond motifs is 2. The van der Waals surface area contributed by atoms with Crippen molar-refractivity contribution in [1.29, 1.82) is 0 Å². The first-order valence-electron chi connectivity index (χ1n) is 9.88. The van der Waals surface area contributed by atoms with Gasteiger partial charge in [0.05, 0.1) is 12.2 Å². The first-order chi connectivity index (χ1) is 10.9. The van der Waals surface area contributed by atoms with Gasteiger partial charge >= 0.3 is 0 Å². The Morgan fingerprint density at radius 3 is 1.73 bits per heavy atom. The van der Waals surface area contributed by atoms with E-state index in [1.165, 1.54) is 77.0 Å². The molecule has 2 bridgehead atoms. The van der Waals surface area contributed by atoms with Crippen molar-refractivity contribution in [3.05, 3.63) is 12.2 Å². The van der Waals surface area contributed by atoms with E-state index in [0.29, 0.717) is 18.1 Å². The van der Waals surface area contributed by atoms with Crippen LogP contribution in [0, 0.1) is 17.8 Å². The van der Waals surface area contributed by atoms with Gasteiger partial charge in [0.1, 0.15) is 0 Å². The fourth-order valence-electron chi connectivity index (χ4n) is 5.15. The van der Waals surface area contributed by atoms with Crippen LogP contribution in [0.15, 0.2) is 12.2 Å². The van der Waals surface area contributed by atoms with Gasteiger partial charge < -0.3 is 9.47 Å². The highest BCUT2D eigenvalue weighted by molar-refractivity contribution is 5.10. The lowest BCUT2D eigenvalue weighted by Crippen LogP contribution is -2.37. The molecular formula is C20H32O2. The van der Waals surface area contributed by atoms with E-state index >= 15 is 0 Å². The van der Waals surface area contributed by atoms with Crippen LogP contribution in [0.5, 0.6) is 0 Å². The summed E-state index contributed by atoms with van der Waals surface area (Å²) >= 11 is 0.